The van der Waals surface area contributed by atoms with Gasteiger partial charge in [-0.15, -0.1) is 0 Å². The maximum Gasteiger partial charge on any atom is 0.123 e. The largest absolute Gasteiger partial charge is 0.271 e. The molecule has 0 spiro atoms. The van der Waals surface area contributed by atoms with Crippen LogP contribution >= 0.6 is 0 Å². The predicted octanol–water partition coefficient (Wildman–Crippen LogP) is 3.85. The molecule has 0 heterocycles. The fourth-order valence-corrected chi connectivity index (χ4v) is 3.93. The second-order valence-electron chi connectivity index (χ2n) is 6.60. The van der Waals surface area contributed by atoms with Gasteiger partial charge < -0.3 is 0 Å². The number of rotatable bonds is 5. The number of hydrogen-bond donors (Lipinski definition) is 2. The summed E-state index contributed by atoms with van der Waals surface area (Å²) >= 11 is 0. The monoisotopic (exact) mass is 276 g/mol. The summed E-state index contributed by atoms with van der Waals surface area (Å²) in [5.41, 5.74) is 5.21. The van der Waals surface area contributed by atoms with E-state index in [1.807, 2.05) is 6.07 Å². The Morgan fingerprint density at radius 1 is 1.15 bits per heavy atom. The van der Waals surface area contributed by atoms with Crippen LogP contribution in [0.25, 0.3) is 0 Å². The number of benzene rings is 1. The van der Waals surface area contributed by atoms with E-state index in [1.165, 1.54) is 44.6 Å². The van der Waals surface area contributed by atoms with Gasteiger partial charge in [0.25, 0.3) is 0 Å². The maximum atomic E-state index is 13.6. The second kappa shape index (κ2) is 5.82. The van der Waals surface area contributed by atoms with Crippen molar-refractivity contribution in [2.24, 2.45) is 23.6 Å². The van der Waals surface area contributed by atoms with Gasteiger partial charge in [0.2, 0.25) is 0 Å². The highest BCUT2D eigenvalue weighted by Crippen LogP contribution is 2.49. The van der Waals surface area contributed by atoms with Crippen molar-refractivity contribution >= 4 is 0 Å². The zero-order valence-corrected chi connectivity index (χ0v) is 12.2. The smallest absolute Gasteiger partial charge is 0.123 e. The molecule has 0 radical (unpaired) electrons. The molecule has 0 saturated heterocycles. The van der Waals surface area contributed by atoms with E-state index in [4.69, 9.17) is 5.84 Å². The molecule has 3 rings (SSSR count). The lowest BCUT2D eigenvalue weighted by atomic mass is 9.61. The first-order valence-corrected chi connectivity index (χ1v) is 7.93. The van der Waals surface area contributed by atoms with Gasteiger partial charge >= 0.3 is 0 Å². The van der Waals surface area contributed by atoms with Crippen LogP contribution in [0, 0.1) is 30.5 Å². The molecule has 0 aromatic heterocycles. The molecule has 3 N–H and O–H groups in total. The number of nitrogens with one attached hydrogen (secondary N) is 1. The van der Waals surface area contributed by atoms with Gasteiger partial charge in [-0.3, -0.25) is 11.3 Å². The van der Waals surface area contributed by atoms with Gasteiger partial charge in [-0.2, -0.15) is 0 Å². The van der Waals surface area contributed by atoms with Crippen molar-refractivity contribution in [2.45, 2.75) is 51.5 Å². The minimum absolute atomic E-state index is 0.0984. The van der Waals surface area contributed by atoms with E-state index in [0.29, 0.717) is 5.92 Å². The fourth-order valence-electron chi connectivity index (χ4n) is 3.93. The maximum absolute atomic E-state index is 13.6. The van der Waals surface area contributed by atoms with E-state index in [-0.39, 0.29) is 11.9 Å². The lowest BCUT2D eigenvalue weighted by Gasteiger charge is -2.46. The molecule has 0 bridgehead atoms. The standard InChI is InChI=1S/C17H25FN2/c1-11-8-9-14(18)10-15(11)17(20-19)16(12-4-2-5-12)13-6-3-7-13/h8-10,12-13,16-17,20H,2-7,19H2,1H3. The Bertz CT molecular complexity index is 452. The fraction of sp³-hybridized carbons (Fsp3) is 0.647. The average molecular weight is 276 g/mol. The number of nitrogens with two attached hydrogens (primary N) is 1. The topological polar surface area (TPSA) is 38.0 Å². The van der Waals surface area contributed by atoms with Crippen molar-refractivity contribution in [2.75, 3.05) is 0 Å². The zero-order valence-electron chi connectivity index (χ0n) is 12.2. The number of aryl methyl sites for hydroxylation is 1. The van der Waals surface area contributed by atoms with Gasteiger partial charge in [0.1, 0.15) is 5.82 Å². The number of hydrogen-bond acceptors (Lipinski definition) is 2. The van der Waals surface area contributed by atoms with E-state index in [0.717, 1.165) is 23.0 Å². The van der Waals surface area contributed by atoms with E-state index in [2.05, 4.69) is 12.3 Å². The van der Waals surface area contributed by atoms with Crippen molar-refractivity contribution in [1.29, 1.82) is 0 Å². The Morgan fingerprint density at radius 3 is 2.20 bits per heavy atom. The molecule has 110 valence electrons. The molecular formula is C17H25FN2. The zero-order chi connectivity index (χ0) is 14.1. The SMILES string of the molecule is Cc1ccc(F)cc1C(NN)C(C1CCC1)C1CCC1. The third-order valence-corrected chi connectivity index (χ3v) is 5.53. The first-order valence-electron chi connectivity index (χ1n) is 7.93. The van der Waals surface area contributed by atoms with Crippen molar-refractivity contribution in [1.82, 2.24) is 5.43 Å². The van der Waals surface area contributed by atoms with Crippen LogP contribution in [0.5, 0.6) is 0 Å². The van der Waals surface area contributed by atoms with Crippen molar-refractivity contribution in [3.63, 3.8) is 0 Å². The molecule has 20 heavy (non-hydrogen) atoms. The van der Waals surface area contributed by atoms with E-state index < -0.39 is 0 Å². The number of halogens is 1. The lowest BCUT2D eigenvalue weighted by molar-refractivity contribution is 0.0593. The Kier molecular flexibility index (Phi) is 4.08. The van der Waals surface area contributed by atoms with Crippen molar-refractivity contribution in [3.8, 4) is 0 Å². The van der Waals surface area contributed by atoms with Gasteiger partial charge in [-0.1, -0.05) is 44.6 Å². The highest BCUT2D eigenvalue weighted by molar-refractivity contribution is 5.30. The first-order chi connectivity index (χ1) is 9.70. The summed E-state index contributed by atoms with van der Waals surface area (Å²) < 4.78 is 13.6. The van der Waals surface area contributed by atoms with Gasteiger partial charge in [-0.05, 0) is 47.9 Å². The molecule has 2 fully saturated rings. The van der Waals surface area contributed by atoms with Crippen LogP contribution in [0.2, 0.25) is 0 Å². The number of hydrazine groups is 1. The molecule has 2 aliphatic rings. The summed E-state index contributed by atoms with van der Waals surface area (Å²) in [6, 6.07) is 5.17. The van der Waals surface area contributed by atoms with E-state index in [9.17, 15) is 4.39 Å². The Labute approximate surface area is 120 Å². The lowest BCUT2D eigenvalue weighted by Crippen LogP contribution is -2.44. The quantitative estimate of drug-likeness (QED) is 0.633. The average Bonchev–Trinajstić information content (AvgIpc) is 2.30. The minimum atomic E-state index is -0.160. The normalized spacial score (nSPS) is 21.6. The van der Waals surface area contributed by atoms with Crippen LogP contribution in [0.15, 0.2) is 18.2 Å². The van der Waals surface area contributed by atoms with Crippen molar-refractivity contribution in [3.05, 3.63) is 35.1 Å². The summed E-state index contributed by atoms with van der Waals surface area (Å²) in [6.07, 6.45) is 7.93. The Morgan fingerprint density at radius 2 is 1.75 bits per heavy atom. The van der Waals surface area contributed by atoms with E-state index in [1.54, 1.807) is 6.07 Å². The molecule has 1 atom stereocenters. The minimum Gasteiger partial charge on any atom is -0.271 e. The Balaban J connectivity index is 1.90. The predicted molar refractivity (Wildman–Crippen MR) is 79.4 cm³/mol. The summed E-state index contributed by atoms with van der Waals surface area (Å²) in [5, 5.41) is 0. The first kappa shape index (κ1) is 14.0. The van der Waals surface area contributed by atoms with Crippen LogP contribution in [0.3, 0.4) is 0 Å². The third kappa shape index (κ3) is 2.49. The molecule has 1 aromatic carbocycles. The highest BCUT2D eigenvalue weighted by Gasteiger charge is 2.41. The van der Waals surface area contributed by atoms with Crippen LogP contribution in [0.1, 0.15) is 55.7 Å². The Hall–Kier alpha value is -0.930. The van der Waals surface area contributed by atoms with Crippen LogP contribution < -0.4 is 11.3 Å². The molecule has 1 unspecified atom stereocenters. The molecule has 0 amide bonds. The van der Waals surface area contributed by atoms with Crippen LogP contribution in [-0.2, 0) is 0 Å². The molecule has 2 aliphatic carbocycles. The van der Waals surface area contributed by atoms with Gasteiger partial charge in [0.15, 0.2) is 0 Å². The van der Waals surface area contributed by atoms with Gasteiger partial charge in [0, 0.05) is 6.04 Å². The van der Waals surface area contributed by atoms with Gasteiger partial charge in [-0.25, -0.2) is 4.39 Å². The summed E-state index contributed by atoms with van der Waals surface area (Å²) in [7, 11) is 0. The molecule has 3 heteroatoms. The molecule has 2 nitrogen and oxygen atoms in total. The second-order valence-corrected chi connectivity index (χ2v) is 6.60. The summed E-state index contributed by atoms with van der Waals surface area (Å²) in [6.45, 7) is 2.05. The summed E-state index contributed by atoms with van der Waals surface area (Å²) in [5.74, 6) is 7.83. The molecule has 0 aliphatic heterocycles. The summed E-state index contributed by atoms with van der Waals surface area (Å²) in [4.78, 5) is 0. The third-order valence-electron chi connectivity index (χ3n) is 5.53. The molecule has 1 aromatic rings. The molecule has 2 saturated carbocycles. The van der Waals surface area contributed by atoms with Crippen LogP contribution in [0.4, 0.5) is 4.39 Å². The molecular weight excluding hydrogens is 251 g/mol. The highest BCUT2D eigenvalue weighted by atomic mass is 19.1. The van der Waals surface area contributed by atoms with Gasteiger partial charge in [0.05, 0.1) is 0 Å². The van der Waals surface area contributed by atoms with Crippen molar-refractivity contribution < 1.29 is 4.39 Å². The van der Waals surface area contributed by atoms with Crippen LogP contribution in [-0.4, -0.2) is 0 Å². The van der Waals surface area contributed by atoms with E-state index >= 15 is 0 Å².